The zero-order chi connectivity index (χ0) is 12.0. The summed E-state index contributed by atoms with van der Waals surface area (Å²) in [6, 6.07) is 5.45. The predicted octanol–water partition coefficient (Wildman–Crippen LogP) is 1.89. The molecule has 0 bridgehead atoms. The Balaban J connectivity index is 2.82. The summed E-state index contributed by atoms with van der Waals surface area (Å²) < 4.78 is 10.2. The summed E-state index contributed by atoms with van der Waals surface area (Å²) in [5.74, 6) is 0.436. The van der Waals surface area contributed by atoms with Gasteiger partial charge in [0, 0.05) is 12.1 Å². The molecule has 0 radical (unpaired) electrons. The highest BCUT2D eigenvalue weighted by atomic mass is 16.5. The van der Waals surface area contributed by atoms with E-state index in [1.54, 1.807) is 26.4 Å². The SMILES string of the molecule is COc1cc(C/C=C/C(=O)O)cc(OC)c1. The number of hydrogen-bond acceptors (Lipinski definition) is 3. The minimum atomic E-state index is -0.949. The summed E-state index contributed by atoms with van der Waals surface area (Å²) in [5, 5.41) is 8.46. The van der Waals surface area contributed by atoms with Crippen LogP contribution in [0.3, 0.4) is 0 Å². The lowest BCUT2D eigenvalue weighted by Crippen LogP contribution is -1.91. The second-order valence-corrected chi connectivity index (χ2v) is 3.17. The van der Waals surface area contributed by atoms with Crippen molar-refractivity contribution in [2.24, 2.45) is 0 Å². The van der Waals surface area contributed by atoms with Crippen LogP contribution in [0.4, 0.5) is 0 Å². The maximum absolute atomic E-state index is 10.3. The molecule has 0 aromatic heterocycles. The van der Waals surface area contributed by atoms with Crippen molar-refractivity contribution in [2.75, 3.05) is 14.2 Å². The predicted molar refractivity (Wildman–Crippen MR) is 60.0 cm³/mol. The largest absolute Gasteiger partial charge is 0.497 e. The first-order valence-corrected chi connectivity index (χ1v) is 4.77. The van der Waals surface area contributed by atoms with E-state index in [0.717, 1.165) is 11.6 Å². The third-order valence-electron chi connectivity index (χ3n) is 2.03. The lowest BCUT2D eigenvalue weighted by Gasteiger charge is -2.06. The van der Waals surface area contributed by atoms with Gasteiger partial charge in [-0.15, -0.1) is 0 Å². The summed E-state index contributed by atoms with van der Waals surface area (Å²) in [4.78, 5) is 10.3. The Morgan fingerprint density at radius 2 is 1.81 bits per heavy atom. The van der Waals surface area contributed by atoms with E-state index in [2.05, 4.69) is 0 Å². The highest BCUT2D eigenvalue weighted by Gasteiger charge is 2.00. The maximum Gasteiger partial charge on any atom is 0.327 e. The Labute approximate surface area is 94.1 Å². The van der Waals surface area contributed by atoms with E-state index < -0.39 is 5.97 Å². The molecule has 4 heteroatoms. The van der Waals surface area contributed by atoms with Gasteiger partial charge in [-0.25, -0.2) is 4.79 Å². The molecule has 1 rings (SSSR count). The standard InChI is InChI=1S/C12H14O4/c1-15-10-6-9(4-3-5-12(13)14)7-11(8-10)16-2/h3,5-8H,4H2,1-2H3,(H,13,14)/b5-3+. The summed E-state index contributed by atoms with van der Waals surface area (Å²) in [6.07, 6.45) is 3.22. The fourth-order valence-electron chi connectivity index (χ4n) is 1.28. The van der Waals surface area contributed by atoms with Crippen molar-refractivity contribution in [3.63, 3.8) is 0 Å². The van der Waals surface area contributed by atoms with Gasteiger partial charge in [0.1, 0.15) is 11.5 Å². The highest BCUT2D eigenvalue weighted by molar-refractivity contribution is 5.79. The molecule has 0 aliphatic rings. The van der Waals surface area contributed by atoms with E-state index in [1.165, 1.54) is 0 Å². The molecule has 0 fully saturated rings. The molecule has 0 aliphatic heterocycles. The molecule has 0 saturated carbocycles. The van der Waals surface area contributed by atoms with Gasteiger partial charge in [-0.05, 0) is 24.1 Å². The number of rotatable bonds is 5. The fraction of sp³-hybridized carbons (Fsp3) is 0.250. The van der Waals surface area contributed by atoms with E-state index in [1.807, 2.05) is 12.1 Å². The van der Waals surface area contributed by atoms with Gasteiger partial charge >= 0.3 is 5.97 Å². The van der Waals surface area contributed by atoms with Gasteiger partial charge in [0.25, 0.3) is 0 Å². The second-order valence-electron chi connectivity index (χ2n) is 3.17. The molecule has 1 aromatic rings. The molecule has 0 aliphatic carbocycles. The first-order valence-electron chi connectivity index (χ1n) is 4.77. The van der Waals surface area contributed by atoms with Gasteiger partial charge in [0.2, 0.25) is 0 Å². The average molecular weight is 222 g/mol. The van der Waals surface area contributed by atoms with Gasteiger partial charge in [0.15, 0.2) is 0 Å². The molecule has 0 unspecified atom stereocenters. The van der Waals surface area contributed by atoms with Gasteiger partial charge in [-0.3, -0.25) is 0 Å². The molecule has 0 heterocycles. The number of hydrogen-bond donors (Lipinski definition) is 1. The Morgan fingerprint density at radius 3 is 2.25 bits per heavy atom. The summed E-state index contributed by atoms with van der Waals surface area (Å²) in [5.41, 5.74) is 0.939. The van der Waals surface area contributed by atoms with Crippen LogP contribution >= 0.6 is 0 Å². The van der Waals surface area contributed by atoms with Crippen LogP contribution in [0.5, 0.6) is 11.5 Å². The van der Waals surface area contributed by atoms with Crippen LogP contribution < -0.4 is 9.47 Å². The van der Waals surface area contributed by atoms with Crippen LogP contribution in [0.25, 0.3) is 0 Å². The Hall–Kier alpha value is -1.97. The van der Waals surface area contributed by atoms with Gasteiger partial charge in [0.05, 0.1) is 14.2 Å². The molecular formula is C12H14O4. The monoisotopic (exact) mass is 222 g/mol. The molecule has 0 atom stereocenters. The Bertz CT molecular complexity index is 374. The summed E-state index contributed by atoms with van der Waals surface area (Å²) in [7, 11) is 3.15. The first kappa shape index (κ1) is 12.1. The van der Waals surface area contributed by atoms with E-state index in [-0.39, 0.29) is 0 Å². The second kappa shape index (κ2) is 5.80. The number of carboxylic acid groups (broad SMARTS) is 1. The molecule has 86 valence electrons. The minimum Gasteiger partial charge on any atom is -0.497 e. The van der Waals surface area contributed by atoms with Crippen molar-refractivity contribution in [3.8, 4) is 11.5 Å². The van der Waals surface area contributed by atoms with Crippen molar-refractivity contribution in [2.45, 2.75) is 6.42 Å². The van der Waals surface area contributed by atoms with Crippen LogP contribution in [0.2, 0.25) is 0 Å². The Morgan fingerprint density at radius 1 is 1.25 bits per heavy atom. The number of carboxylic acids is 1. The zero-order valence-electron chi connectivity index (χ0n) is 9.27. The normalized spacial score (nSPS) is 10.4. The zero-order valence-corrected chi connectivity index (χ0v) is 9.27. The number of benzene rings is 1. The third-order valence-corrected chi connectivity index (χ3v) is 2.03. The van der Waals surface area contributed by atoms with Gasteiger partial charge in [-0.2, -0.15) is 0 Å². The summed E-state index contributed by atoms with van der Waals surface area (Å²) in [6.45, 7) is 0. The first-order chi connectivity index (χ1) is 7.65. The molecule has 16 heavy (non-hydrogen) atoms. The third kappa shape index (κ3) is 3.65. The van der Waals surface area contributed by atoms with Crippen molar-refractivity contribution in [1.29, 1.82) is 0 Å². The van der Waals surface area contributed by atoms with Crippen LogP contribution in [-0.2, 0) is 11.2 Å². The lowest BCUT2D eigenvalue weighted by molar-refractivity contribution is -0.131. The van der Waals surface area contributed by atoms with Crippen LogP contribution in [0.1, 0.15) is 5.56 Å². The van der Waals surface area contributed by atoms with E-state index >= 15 is 0 Å². The van der Waals surface area contributed by atoms with E-state index in [0.29, 0.717) is 17.9 Å². The fourth-order valence-corrected chi connectivity index (χ4v) is 1.28. The van der Waals surface area contributed by atoms with Crippen molar-refractivity contribution in [3.05, 3.63) is 35.9 Å². The van der Waals surface area contributed by atoms with Gasteiger partial charge in [-0.1, -0.05) is 6.08 Å². The number of allylic oxidation sites excluding steroid dienone is 1. The maximum atomic E-state index is 10.3. The molecule has 0 spiro atoms. The molecule has 1 aromatic carbocycles. The van der Waals surface area contributed by atoms with Crippen molar-refractivity contribution < 1.29 is 19.4 Å². The van der Waals surface area contributed by atoms with Crippen molar-refractivity contribution >= 4 is 5.97 Å². The molecule has 0 amide bonds. The highest BCUT2D eigenvalue weighted by Crippen LogP contribution is 2.22. The molecular weight excluding hydrogens is 208 g/mol. The number of ether oxygens (including phenoxy) is 2. The molecule has 4 nitrogen and oxygen atoms in total. The number of aliphatic carboxylic acids is 1. The van der Waals surface area contributed by atoms with Crippen LogP contribution in [0.15, 0.2) is 30.4 Å². The van der Waals surface area contributed by atoms with E-state index in [9.17, 15) is 4.79 Å². The van der Waals surface area contributed by atoms with Gasteiger partial charge < -0.3 is 14.6 Å². The van der Waals surface area contributed by atoms with Crippen LogP contribution in [-0.4, -0.2) is 25.3 Å². The average Bonchev–Trinajstić information content (AvgIpc) is 2.28. The van der Waals surface area contributed by atoms with E-state index in [4.69, 9.17) is 14.6 Å². The number of carbonyl (C=O) groups is 1. The Kier molecular flexibility index (Phi) is 4.39. The molecule has 0 saturated heterocycles. The molecule has 1 N–H and O–H groups in total. The topological polar surface area (TPSA) is 55.8 Å². The number of methoxy groups -OCH3 is 2. The quantitative estimate of drug-likeness (QED) is 0.773. The van der Waals surface area contributed by atoms with Crippen molar-refractivity contribution in [1.82, 2.24) is 0 Å². The van der Waals surface area contributed by atoms with Crippen LogP contribution in [0, 0.1) is 0 Å². The summed E-state index contributed by atoms with van der Waals surface area (Å²) >= 11 is 0. The minimum absolute atomic E-state index is 0.528. The lowest BCUT2D eigenvalue weighted by atomic mass is 10.1. The smallest absolute Gasteiger partial charge is 0.327 e.